The lowest BCUT2D eigenvalue weighted by molar-refractivity contribution is 0.0691. The number of carbonyl (C=O) groups is 2. The van der Waals surface area contributed by atoms with Gasteiger partial charge < -0.3 is 15.4 Å². The number of amides is 1. The lowest BCUT2D eigenvalue weighted by Crippen LogP contribution is -2.26. The number of hydrogen-bond acceptors (Lipinski definition) is 2. The number of aromatic carboxylic acids is 1. The van der Waals surface area contributed by atoms with Crippen LogP contribution in [-0.4, -0.2) is 28.0 Å². The Labute approximate surface area is 86.5 Å². The molecule has 2 atom stereocenters. The molecule has 1 aliphatic carbocycles. The number of carbonyl (C=O) groups excluding carboxylic acids is 1. The van der Waals surface area contributed by atoms with Crippen LogP contribution in [0.4, 0.5) is 0 Å². The molecule has 1 saturated carbocycles. The zero-order valence-corrected chi connectivity index (χ0v) is 8.28. The van der Waals surface area contributed by atoms with Gasteiger partial charge in [-0.2, -0.15) is 0 Å². The fourth-order valence-electron chi connectivity index (χ4n) is 1.42. The van der Waals surface area contributed by atoms with Crippen molar-refractivity contribution in [3.63, 3.8) is 0 Å². The van der Waals surface area contributed by atoms with Gasteiger partial charge in [0.05, 0.1) is 5.56 Å². The highest BCUT2D eigenvalue weighted by Crippen LogP contribution is 2.29. The van der Waals surface area contributed by atoms with Crippen LogP contribution >= 0.6 is 0 Å². The number of carboxylic acid groups (broad SMARTS) is 1. The first-order valence-electron chi connectivity index (χ1n) is 4.80. The predicted molar refractivity (Wildman–Crippen MR) is 52.8 cm³/mol. The van der Waals surface area contributed by atoms with Gasteiger partial charge in [0, 0.05) is 12.2 Å². The summed E-state index contributed by atoms with van der Waals surface area (Å²) in [6.45, 7) is 2.06. The Morgan fingerprint density at radius 2 is 2.27 bits per heavy atom. The van der Waals surface area contributed by atoms with Gasteiger partial charge in [-0.15, -0.1) is 0 Å². The molecule has 5 heteroatoms. The van der Waals surface area contributed by atoms with Gasteiger partial charge in [-0.3, -0.25) is 4.79 Å². The lowest BCUT2D eigenvalue weighted by atomic mass is 10.3. The second-order valence-electron chi connectivity index (χ2n) is 3.90. The Bertz CT molecular complexity index is 411. The second-order valence-corrected chi connectivity index (χ2v) is 3.90. The minimum absolute atomic E-state index is 0.0315. The molecule has 1 aromatic rings. The third kappa shape index (κ3) is 2.01. The molecule has 0 aliphatic heterocycles. The van der Waals surface area contributed by atoms with E-state index in [-0.39, 0.29) is 17.6 Å². The van der Waals surface area contributed by atoms with Gasteiger partial charge in [-0.05, 0) is 18.4 Å². The number of aromatic amines is 1. The number of nitrogens with one attached hydrogen (secondary N) is 2. The highest BCUT2D eigenvalue weighted by molar-refractivity contribution is 5.97. The van der Waals surface area contributed by atoms with Crippen molar-refractivity contribution in [1.82, 2.24) is 10.3 Å². The number of rotatable bonds is 3. The molecule has 1 heterocycles. The molecule has 0 aromatic carbocycles. The van der Waals surface area contributed by atoms with Gasteiger partial charge in [-0.25, -0.2) is 4.79 Å². The maximum absolute atomic E-state index is 11.6. The van der Waals surface area contributed by atoms with E-state index in [2.05, 4.69) is 17.2 Å². The fraction of sp³-hybridized carbons (Fsp3) is 0.400. The topological polar surface area (TPSA) is 82.2 Å². The standard InChI is InChI=1S/C10H12N2O3/c1-5-2-7(5)12-9(13)6-3-8(10(14)15)11-4-6/h3-5,7,11H,2H2,1H3,(H,12,13)(H,14,15)/t5-,7-/m1/s1. The monoisotopic (exact) mass is 208 g/mol. The van der Waals surface area contributed by atoms with Crippen LogP contribution in [0, 0.1) is 5.92 Å². The average molecular weight is 208 g/mol. The first-order chi connectivity index (χ1) is 7.08. The van der Waals surface area contributed by atoms with Crippen molar-refractivity contribution in [2.45, 2.75) is 19.4 Å². The van der Waals surface area contributed by atoms with E-state index >= 15 is 0 Å². The first-order valence-corrected chi connectivity index (χ1v) is 4.80. The quantitative estimate of drug-likeness (QED) is 0.688. The molecule has 1 aliphatic rings. The number of hydrogen-bond donors (Lipinski definition) is 3. The number of carboxylic acids is 1. The Morgan fingerprint density at radius 1 is 1.60 bits per heavy atom. The molecule has 15 heavy (non-hydrogen) atoms. The van der Waals surface area contributed by atoms with Crippen molar-refractivity contribution in [1.29, 1.82) is 0 Å². The van der Waals surface area contributed by atoms with Gasteiger partial charge in [0.25, 0.3) is 5.91 Å². The predicted octanol–water partition coefficient (Wildman–Crippen LogP) is 0.851. The molecule has 0 saturated heterocycles. The molecule has 80 valence electrons. The lowest BCUT2D eigenvalue weighted by Gasteiger charge is -1.99. The van der Waals surface area contributed by atoms with Crippen LogP contribution in [0.3, 0.4) is 0 Å². The molecule has 1 amide bonds. The molecule has 5 nitrogen and oxygen atoms in total. The Hall–Kier alpha value is -1.78. The molecule has 0 spiro atoms. The largest absolute Gasteiger partial charge is 0.477 e. The molecular formula is C10H12N2O3. The van der Waals surface area contributed by atoms with Crippen LogP contribution in [0.2, 0.25) is 0 Å². The summed E-state index contributed by atoms with van der Waals surface area (Å²) in [7, 11) is 0. The third-order valence-corrected chi connectivity index (χ3v) is 2.60. The van der Waals surface area contributed by atoms with E-state index in [0.717, 1.165) is 6.42 Å². The minimum atomic E-state index is -1.06. The van der Waals surface area contributed by atoms with Crippen LogP contribution in [0.1, 0.15) is 34.2 Å². The van der Waals surface area contributed by atoms with Crippen LogP contribution in [0.25, 0.3) is 0 Å². The van der Waals surface area contributed by atoms with Crippen LogP contribution in [0.15, 0.2) is 12.3 Å². The zero-order chi connectivity index (χ0) is 11.0. The van der Waals surface area contributed by atoms with Gasteiger partial charge in [0.15, 0.2) is 0 Å². The summed E-state index contributed by atoms with van der Waals surface area (Å²) >= 11 is 0. The smallest absolute Gasteiger partial charge is 0.352 e. The van der Waals surface area contributed by atoms with Gasteiger partial charge >= 0.3 is 5.97 Å². The summed E-state index contributed by atoms with van der Waals surface area (Å²) in [5.41, 5.74) is 0.399. The highest BCUT2D eigenvalue weighted by Gasteiger charge is 2.34. The van der Waals surface area contributed by atoms with Gasteiger partial charge in [0.1, 0.15) is 5.69 Å². The van der Waals surface area contributed by atoms with Crippen LogP contribution in [-0.2, 0) is 0 Å². The Kier molecular flexibility index (Phi) is 2.22. The molecular weight excluding hydrogens is 196 g/mol. The van der Waals surface area contributed by atoms with Crippen molar-refractivity contribution in [2.24, 2.45) is 5.92 Å². The normalized spacial score (nSPS) is 23.5. The number of aromatic nitrogens is 1. The SMILES string of the molecule is C[C@@H]1C[C@H]1NC(=O)c1c[nH]c(C(=O)O)c1. The van der Waals surface area contributed by atoms with E-state index in [1.165, 1.54) is 12.3 Å². The molecule has 0 unspecified atom stereocenters. The average Bonchev–Trinajstić information content (AvgIpc) is 2.71. The molecule has 2 rings (SSSR count). The molecule has 1 aromatic heterocycles. The van der Waals surface area contributed by atoms with Crippen molar-refractivity contribution in [2.75, 3.05) is 0 Å². The van der Waals surface area contributed by atoms with Crippen LogP contribution < -0.4 is 5.32 Å². The summed E-state index contributed by atoms with van der Waals surface area (Å²) < 4.78 is 0. The van der Waals surface area contributed by atoms with Crippen molar-refractivity contribution in [3.8, 4) is 0 Å². The maximum atomic E-state index is 11.6. The fourth-order valence-corrected chi connectivity index (χ4v) is 1.42. The summed E-state index contributed by atoms with van der Waals surface area (Å²) in [4.78, 5) is 24.6. The maximum Gasteiger partial charge on any atom is 0.352 e. The van der Waals surface area contributed by atoms with E-state index in [1.807, 2.05) is 0 Å². The molecule has 0 radical (unpaired) electrons. The summed E-state index contributed by atoms with van der Waals surface area (Å²) in [6.07, 6.45) is 2.41. The summed E-state index contributed by atoms with van der Waals surface area (Å²) in [5, 5.41) is 11.5. The Morgan fingerprint density at radius 3 is 2.73 bits per heavy atom. The highest BCUT2D eigenvalue weighted by atomic mass is 16.4. The van der Waals surface area contributed by atoms with Crippen molar-refractivity contribution < 1.29 is 14.7 Å². The summed E-state index contributed by atoms with van der Waals surface area (Å²) in [5.74, 6) is -0.742. The third-order valence-electron chi connectivity index (χ3n) is 2.60. The van der Waals surface area contributed by atoms with Gasteiger partial charge in [-0.1, -0.05) is 6.92 Å². The molecule has 0 bridgehead atoms. The van der Waals surface area contributed by atoms with Crippen LogP contribution in [0.5, 0.6) is 0 Å². The van der Waals surface area contributed by atoms with E-state index in [0.29, 0.717) is 11.5 Å². The van der Waals surface area contributed by atoms with E-state index in [1.54, 1.807) is 0 Å². The zero-order valence-electron chi connectivity index (χ0n) is 8.28. The number of H-pyrrole nitrogens is 1. The van der Waals surface area contributed by atoms with Crippen molar-refractivity contribution >= 4 is 11.9 Å². The molecule has 3 N–H and O–H groups in total. The summed E-state index contributed by atoms with van der Waals surface area (Å²) in [6, 6.07) is 1.59. The Balaban J connectivity index is 2.02. The minimum Gasteiger partial charge on any atom is -0.477 e. The van der Waals surface area contributed by atoms with E-state index < -0.39 is 5.97 Å². The first kappa shape index (κ1) is 9.76. The second kappa shape index (κ2) is 3.42. The van der Waals surface area contributed by atoms with Crippen molar-refractivity contribution in [3.05, 3.63) is 23.5 Å². The van der Waals surface area contributed by atoms with Gasteiger partial charge in [0.2, 0.25) is 0 Å². The van der Waals surface area contributed by atoms with E-state index in [4.69, 9.17) is 5.11 Å². The van der Waals surface area contributed by atoms with E-state index in [9.17, 15) is 9.59 Å². The molecule has 1 fully saturated rings.